The van der Waals surface area contributed by atoms with Crippen LogP contribution >= 0.6 is 0 Å². The van der Waals surface area contributed by atoms with Crippen molar-refractivity contribution in [2.75, 3.05) is 39.3 Å². The van der Waals surface area contributed by atoms with E-state index in [4.69, 9.17) is 0 Å². The summed E-state index contributed by atoms with van der Waals surface area (Å²) in [5.41, 5.74) is 0.0662. The van der Waals surface area contributed by atoms with Gasteiger partial charge in [-0.2, -0.15) is 0 Å². The molecule has 0 radical (unpaired) electrons. The van der Waals surface area contributed by atoms with Crippen LogP contribution in [0, 0.1) is 11.3 Å². The third-order valence-corrected chi connectivity index (χ3v) is 6.56. The largest absolute Gasteiger partial charge is 0.343 e. The van der Waals surface area contributed by atoms with E-state index >= 15 is 0 Å². The fourth-order valence-corrected chi connectivity index (χ4v) is 4.93. The smallest absolute Gasteiger partial charge is 0.225 e. The van der Waals surface area contributed by atoms with Crippen LogP contribution in [0.4, 0.5) is 0 Å². The molecule has 3 heterocycles. The number of piperidine rings is 3. The molecule has 3 aliphatic heterocycles. The maximum atomic E-state index is 12.7. The second-order valence-electron chi connectivity index (χ2n) is 10.0. The van der Waals surface area contributed by atoms with Crippen LogP contribution in [0.3, 0.4) is 0 Å². The molecule has 0 atom stereocenters. The highest BCUT2D eigenvalue weighted by Gasteiger charge is 2.33. The highest BCUT2D eigenvalue weighted by molar-refractivity contribution is 5.79. The third kappa shape index (κ3) is 5.69. The van der Waals surface area contributed by atoms with E-state index in [0.717, 1.165) is 65.0 Å². The maximum absolute atomic E-state index is 12.7. The monoisotopic (exact) mass is 377 g/mol. The lowest BCUT2D eigenvalue weighted by Gasteiger charge is -2.42. The number of rotatable bonds is 3. The minimum atomic E-state index is 0.0662. The zero-order valence-corrected chi connectivity index (χ0v) is 17.7. The maximum Gasteiger partial charge on any atom is 0.225 e. The molecule has 5 heteroatoms. The average Bonchev–Trinajstić information content (AvgIpc) is 2.67. The molecule has 0 spiro atoms. The van der Waals surface area contributed by atoms with Crippen LogP contribution in [0.25, 0.3) is 0 Å². The predicted molar refractivity (Wildman–Crippen MR) is 108 cm³/mol. The van der Waals surface area contributed by atoms with Crippen molar-refractivity contribution in [1.82, 2.24) is 14.7 Å². The first-order valence-corrected chi connectivity index (χ1v) is 11.1. The van der Waals surface area contributed by atoms with Gasteiger partial charge in [0.05, 0.1) is 0 Å². The average molecular weight is 378 g/mol. The first kappa shape index (κ1) is 20.6. The molecule has 0 saturated carbocycles. The number of carbonyl (C=O) groups is 2. The van der Waals surface area contributed by atoms with E-state index in [-0.39, 0.29) is 11.3 Å². The van der Waals surface area contributed by atoms with Crippen molar-refractivity contribution < 1.29 is 9.59 Å². The lowest BCUT2D eigenvalue weighted by molar-refractivity contribution is -0.139. The molecule has 3 aliphatic rings. The summed E-state index contributed by atoms with van der Waals surface area (Å²) >= 11 is 0. The molecule has 0 aromatic rings. The van der Waals surface area contributed by atoms with Crippen LogP contribution in [0.1, 0.15) is 72.1 Å². The van der Waals surface area contributed by atoms with E-state index < -0.39 is 0 Å². The molecule has 2 amide bonds. The van der Waals surface area contributed by atoms with Gasteiger partial charge in [0.2, 0.25) is 11.8 Å². The van der Waals surface area contributed by atoms with Gasteiger partial charge in [-0.25, -0.2) is 0 Å². The Balaban J connectivity index is 1.40. The molecule has 0 aliphatic carbocycles. The van der Waals surface area contributed by atoms with Crippen molar-refractivity contribution in [3.63, 3.8) is 0 Å². The van der Waals surface area contributed by atoms with Crippen LogP contribution in [0.5, 0.6) is 0 Å². The Hall–Kier alpha value is -1.10. The lowest BCUT2D eigenvalue weighted by atomic mass is 9.90. The molecule has 3 saturated heterocycles. The minimum absolute atomic E-state index is 0.0662. The van der Waals surface area contributed by atoms with Crippen molar-refractivity contribution in [2.45, 2.75) is 78.2 Å². The van der Waals surface area contributed by atoms with Crippen molar-refractivity contribution in [1.29, 1.82) is 0 Å². The summed E-state index contributed by atoms with van der Waals surface area (Å²) in [5, 5.41) is 0. The topological polar surface area (TPSA) is 43.9 Å². The molecule has 3 fully saturated rings. The molecular formula is C22H39N3O2. The number of likely N-dealkylation sites (tertiary alicyclic amines) is 3. The number of nitrogens with zero attached hydrogens (tertiary/aromatic N) is 3. The summed E-state index contributed by atoms with van der Waals surface area (Å²) in [6.45, 7) is 12.2. The van der Waals surface area contributed by atoms with Gasteiger partial charge in [-0.15, -0.1) is 0 Å². The van der Waals surface area contributed by atoms with Gasteiger partial charge in [-0.1, -0.05) is 20.8 Å². The van der Waals surface area contributed by atoms with Gasteiger partial charge in [0.1, 0.15) is 0 Å². The predicted octanol–water partition coefficient (Wildman–Crippen LogP) is 3.14. The second kappa shape index (κ2) is 8.93. The SMILES string of the molecule is CC(C)(C)CC(=O)N1CCC(N2CCC(C(=O)N3CCCCC3)CC2)CC1. The zero-order valence-electron chi connectivity index (χ0n) is 17.7. The number of amides is 2. The van der Waals surface area contributed by atoms with E-state index in [1.165, 1.54) is 19.3 Å². The summed E-state index contributed by atoms with van der Waals surface area (Å²) in [6.07, 6.45) is 8.47. The van der Waals surface area contributed by atoms with E-state index in [0.29, 0.717) is 24.3 Å². The van der Waals surface area contributed by atoms with E-state index in [1.54, 1.807) is 0 Å². The third-order valence-electron chi connectivity index (χ3n) is 6.56. The molecule has 0 aromatic carbocycles. The van der Waals surface area contributed by atoms with Gasteiger partial charge in [0.15, 0.2) is 0 Å². The molecular weight excluding hydrogens is 338 g/mol. The fraction of sp³-hybridized carbons (Fsp3) is 0.909. The van der Waals surface area contributed by atoms with Gasteiger partial charge < -0.3 is 14.7 Å². The molecule has 0 unspecified atom stereocenters. The minimum Gasteiger partial charge on any atom is -0.343 e. The Morgan fingerprint density at radius 1 is 0.778 bits per heavy atom. The van der Waals surface area contributed by atoms with Crippen molar-refractivity contribution in [2.24, 2.45) is 11.3 Å². The number of hydrogen-bond acceptors (Lipinski definition) is 3. The summed E-state index contributed by atoms with van der Waals surface area (Å²) in [6, 6.07) is 0.592. The van der Waals surface area contributed by atoms with Gasteiger partial charge in [0.25, 0.3) is 0 Å². The fourth-order valence-electron chi connectivity index (χ4n) is 4.93. The zero-order chi connectivity index (χ0) is 19.4. The molecule has 0 bridgehead atoms. The highest BCUT2D eigenvalue weighted by Crippen LogP contribution is 2.27. The summed E-state index contributed by atoms with van der Waals surface area (Å²) in [7, 11) is 0. The molecule has 27 heavy (non-hydrogen) atoms. The first-order chi connectivity index (χ1) is 12.8. The van der Waals surface area contributed by atoms with Gasteiger partial charge in [-0.3, -0.25) is 9.59 Å². The molecule has 3 rings (SSSR count). The second-order valence-corrected chi connectivity index (χ2v) is 10.0. The Bertz CT molecular complexity index is 506. The van der Waals surface area contributed by atoms with Crippen LogP contribution in [0.15, 0.2) is 0 Å². The number of hydrogen-bond donors (Lipinski definition) is 0. The molecule has 5 nitrogen and oxygen atoms in total. The summed E-state index contributed by atoms with van der Waals surface area (Å²) in [5.74, 6) is 0.969. The molecule has 0 N–H and O–H groups in total. The lowest BCUT2D eigenvalue weighted by Crippen LogP contribution is -2.51. The standard InChI is InChI=1S/C22H39N3O2/c1-22(2,3)17-20(26)24-15-9-19(10-16-24)23-13-7-18(8-14-23)21(27)25-11-5-4-6-12-25/h18-19H,4-17H2,1-3H3. The van der Waals surface area contributed by atoms with E-state index in [1.807, 2.05) is 0 Å². The van der Waals surface area contributed by atoms with Gasteiger partial charge >= 0.3 is 0 Å². The Morgan fingerprint density at radius 3 is 1.93 bits per heavy atom. The highest BCUT2D eigenvalue weighted by atomic mass is 16.2. The quantitative estimate of drug-likeness (QED) is 0.759. The van der Waals surface area contributed by atoms with Crippen LogP contribution in [0.2, 0.25) is 0 Å². The number of carbonyl (C=O) groups excluding carboxylic acids is 2. The molecule has 154 valence electrons. The Morgan fingerprint density at radius 2 is 1.37 bits per heavy atom. The van der Waals surface area contributed by atoms with Gasteiger partial charge in [-0.05, 0) is 63.5 Å². The van der Waals surface area contributed by atoms with Crippen LogP contribution in [-0.2, 0) is 9.59 Å². The summed E-state index contributed by atoms with van der Waals surface area (Å²) < 4.78 is 0. The Labute approximate surface area is 165 Å². The van der Waals surface area contributed by atoms with Crippen molar-refractivity contribution in [3.05, 3.63) is 0 Å². The van der Waals surface area contributed by atoms with Crippen LogP contribution in [-0.4, -0.2) is 71.8 Å². The van der Waals surface area contributed by atoms with E-state index in [2.05, 4.69) is 35.5 Å². The van der Waals surface area contributed by atoms with Crippen molar-refractivity contribution >= 4 is 11.8 Å². The Kier molecular flexibility index (Phi) is 6.83. The normalized spacial score (nSPS) is 24.3. The van der Waals surface area contributed by atoms with E-state index in [9.17, 15) is 9.59 Å². The molecule has 0 aromatic heterocycles. The summed E-state index contributed by atoms with van der Waals surface area (Å²) in [4.78, 5) is 31.9. The van der Waals surface area contributed by atoms with Crippen LogP contribution < -0.4 is 0 Å². The van der Waals surface area contributed by atoms with Crippen molar-refractivity contribution in [3.8, 4) is 0 Å². The van der Waals surface area contributed by atoms with Gasteiger partial charge in [0, 0.05) is 44.6 Å². The first-order valence-electron chi connectivity index (χ1n) is 11.1.